The third-order valence-corrected chi connectivity index (χ3v) is 4.34. The Hall–Kier alpha value is -3.65. The van der Waals surface area contributed by atoms with E-state index >= 15 is 0 Å². The molecule has 3 aromatic rings. The van der Waals surface area contributed by atoms with Crippen molar-refractivity contribution in [3.63, 3.8) is 0 Å². The lowest BCUT2D eigenvalue weighted by Gasteiger charge is -2.17. The number of rotatable bonds is 8. The Balaban J connectivity index is 1.75. The summed E-state index contributed by atoms with van der Waals surface area (Å²) in [6, 6.07) is 10.8. The van der Waals surface area contributed by atoms with Gasteiger partial charge in [-0.15, -0.1) is 0 Å². The van der Waals surface area contributed by atoms with E-state index in [0.29, 0.717) is 18.5 Å². The molecule has 0 radical (unpaired) electrons. The van der Waals surface area contributed by atoms with Gasteiger partial charge in [0, 0.05) is 49.9 Å². The number of nitrogens with two attached hydrogens (primary N) is 1. The van der Waals surface area contributed by atoms with Gasteiger partial charge in [-0.1, -0.05) is 18.2 Å². The van der Waals surface area contributed by atoms with Gasteiger partial charge in [-0.05, 0) is 34.4 Å². The van der Waals surface area contributed by atoms with Crippen LogP contribution in [-0.4, -0.2) is 20.8 Å². The summed E-state index contributed by atoms with van der Waals surface area (Å²) >= 11 is 0. The molecule has 3 rings (SSSR count). The van der Waals surface area contributed by atoms with E-state index in [1.807, 2.05) is 18.2 Å². The van der Waals surface area contributed by atoms with E-state index in [-0.39, 0.29) is 5.69 Å². The van der Waals surface area contributed by atoms with Crippen LogP contribution in [0.15, 0.2) is 67.3 Å². The molecule has 0 fully saturated rings. The number of amides is 1. The average molecular weight is 377 g/mol. The lowest BCUT2D eigenvalue weighted by Crippen LogP contribution is -2.33. The predicted molar refractivity (Wildman–Crippen MR) is 103 cm³/mol. The van der Waals surface area contributed by atoms with Crippen molar-refractivity contribution in [1.29, 1.82) is 0 Å². The number of nitro benzene ring substituents is 1. The summed E-state index contributed by atoms with van der Waals surface area (Å²) in [7, 11) is 0. The standard InChI is InChI=1S/C20H19N5O3/c21-20(26)19(15-3-5-18(6-4-15)25(27)28)24-13-16-7-9-23-12-17(16)10-14-2-1-8-22-11-14/h1-9,11-12,19,24H,10,13H2,(H2,21,26). The largest absolute Gasteiger partial charge is 0.368 e. The summed E-state index contributed by atoms with van der Waals surface area (Å²) < 4.78 is 0. The molecule has 0 aliphatic heterocycles. The normalized spacial score (nSPS) is 11.7. The first-order chi connectivity index (χ1) is 13.5. The smallest absolute Gasteiger partial charge is 0.269 e. The van der Waals surface area contributed by atoms with E-state index in [1.165, 1.54) is 24.3 Å². The van der Waals surface area contributed by atoms with Crippen molar-refractivity contribution < 1.29 is 9.72 Å². The number of nitro groups is 1. The van der Waals surface area contributed by atoms with E-state index in [9.17, 15) is 14.9 Å². The van der Waals surface area contributed by atoms with Gasteiger partial charge in [0.25, 0.3) is 5.69 Å². The molecule has 0 saturated heterocycles. The number of non-ortho nitro benzene ring substituents is 1. The van der Waals surface area contributed by atoms with Crippen molar-refractivity contribution in [1.82, 2.24) is 15.3 Å². The number of carbonyl (C=O) groups excluding carboxylic acids is 1. The molecule has 8 nitrogen and oxygen atoms in total. The van der Waals surface area contributed by atoms with Gasteiger partial charge >= 0.3 is 0 Å². The summed E-state index contributed by atoms with van der Waals surface area (Å²) in [5.41, 5.74) is 9.11. The third-order valence-electron chi connectivity index (χ3n) is 4.34. The van der Waals surface area contributed by atoms with E-state index in [1.54, 1.807) is 24.8 Å². The summed E-state index contributed by atoms with van der Waals surface area (Å²) in [5.74, 6) is -0.559. The van der Waals surface area contributed by atoms with Crippen molar-refractivity contribution in [3.8, 4) is 0 Å². The number of pyridine rings is 2. The molecule has 1 amide bonds. The van der Waals surface area contributed by atoms with Gasteiger partial charge in [0.2, 0.25) is 5.91 Å². The first-order valence-electron chi connectivity index (χ1n) is 8.62. The maximum Gasteiger partial charge on any atom is 0.269 e. The average Bonchev–Trinajstić information content (AvgIpc) is 2.70. The van der Waals surface area contributed by atoms with Gasteiger partial charge < -0.3 is 5.73 Å². The first-order valence-corrected chi connectivity index (χ1v) is 8.62. The molecule has 0 bridgehead atoms. The van der Waals surface area contributed by atoms with Crippen molar-refractivity contribution in [2.24, 2.45) is 5.73 Å². The number of carbonyl (C=O) groups is 1. The predicted octanol–water partition coefficient (Wildman–Crippen LogP) is 2.29. The van der Waals surface area contributed by atoms with Crippen LogP contribution in [0.4, 0.5) is 5.69 Å². The molecule has 1 atom stereocenters. The number of primary amides is 1. The Morgan fingerprint density at radius 2 is 1.82 bits per heavy atom. The minimum absolute atomic E-state index is 0.0418. The van der Waals surface area contributed by atoms with Crippen LogP contribution in [0.25, 0.3) is 0 Å². The zero-order valence-electron chi connectivity index (χ0n) is 15.0. The molecule has 28 heavy (non-hydrogen) atoms. The van der Waals surface area contributed by atoms with Crippen LogP contribution in [0, 0.1) is 10.1 Å². The minimum atomic E-state index is -0.764. The van der Waals surface area contributed by atoms with Gasteiger partial charge in [0.15, 0.2) is 0 Å². The van der Waals surface area contributed by atoms with Crippen molar-refractivity contribution in [2.45, 2.75) is 19.0 Å². The molecule has 3 N–H and O–H groups in total. The van der Waals surface area contributed by atoms with Crippen molar-refractivity contribution in [3.05, 3.63) is 99.6 Å². The zero-order valence-corrected chi connectivity index (χ0v) is 15.0. The quantitative estimate of drug-likeness (QED) is 0.458. The van der Waals surface area contributed by atoms with Crippen molar-refractivity contribution >= 4 is 11.6 Å². The fraction of sp³-hybridized carbons (Fsp3) is 0.150. The fourth-order valence-corrected chi connectivity index (χ4v) is 2.89. The lowest BCUT2D eigenvalue weighted by atomic mass is 10.0. The highest BCUT2D eigenvalue weighted by atomic mass is 16.6. The monoisotopic (exact) mass is 377 g/mol. The van der Waals surface area contributed by atoms with Crippen LogP contribution in [0.5, 0.6) is 0 Å². The van der Waals surface area contributed by atoms with Gasteiger partial charge in [0.05, 0.1) is 4.92 Å². The second-order valence-electron chi connectivity index (χ2n) is 6.25. The number of benzene rings is 1. The summed E-state index contributed by atoms with van der Waals surface area (Å²) in [6.45, 7) is 0.392. The Kier molecular flexibility index (Phi) is 6.03. The minimum Gasteiger partial charge on any atom is -0.368 e. The highest BCUT2D eigenvalue weighted by Crippen LogP contribution is 2.19. The Morgan fingerprint density at radius 3 is 2.46 bits per heavy atom. The highest BCUT2D eigenvalue weighted by Gasteiger charge is 2.19. The molecule has 2 heterocycles. The first kappa shape index (κ1) is 19.1. The fourth-order valence-electron chi connectivity index (χ4n) is 2.89. The van der Waals surface area contributed by atoms with E-state index in [4.69, 9.17) is 5.73 Å². The van der Waals surface area contributed by atoms with Crippen LogP contribution < -0.4 is 11.1 Å². The van der Waals surface area contributed by atoms with Crippen molar-refractivity contribution in [2.75, 3.05) is 0 Å². The summed E-state index contributed by atoms with van der Waals surface area (Å²) in [4.78, 5) is 30.5. The number of nitrogens with one attached hydrogen (secondary N) is 1. The molecular formula is C20H19N5O3. The highest BCUT2D eigenvalue weighted by molar-refractivity contribution is 5.81. The van der Waals surface area contributed by atoms with Gasteiger partial charge in [-0.3, -0.25) is 30.2 Å². The van der Waals surface area contributed by atoms with E-state index in [0.717, 1.165) is 16.7 Å². The Bertz CT molecular complexity index is 961. The van der Waals surface area contributed by atoms with Crippen LogP contribution in [-0.2, 0) is 17.8 Å². The third kappa shape index (κ3) is 4.74. The van der Waals surface area contributed by atoms with E-state index < -0.39 is 16.9 Å². The second kappa shape index (κ2) is 8.83. The van der Waals surface area contributed by atoms with Crippen LogP contribution in [0.1, 0.15) is 28.3 Å². The SMILES string of the molecule is NC(=O)C(NCc1ccncc1Cc1cccnc1)c1ccc([N+](=O)[O-])cc1. The van der Waals surface area contributed by atoms with Gasteiger partial charge in [0.1, 0.15) is 6.04 Å². The Labute approximate surface area is 161 Å². The molecule has 0 spiro atoms. The number of hydrogen-bond donors (Lipinski definition) is 2. The Morgan fingerprint density at radius 1 is 1.07 bits per heavy atom. The molecule has 1 unspecified atom stereocenters. The molecule has 2 aromatic heterocycles. The summed E-state index contributed by atoms with van der Waals surface area (Å²) in [5, 5.41) is 13.9. The number of hydrogen-bond acceptors (Lipinski definition) is 6. The van der Waals surface area contributed by atoms with Gasteiger partial charge in [-0.2, -0.15) is 0 Å². The van der Waals surface area contributed by atoms with Crippen LogP contribution in [0.3, 0.4) is 0 Å². The van der Waals surface area contributed by atoms with Crippen LogP contribution >= 0.6 is 0 Å². The number of nitrogens with zero attached hydrogens (tertiary/aromatic N) is 3. The molecule has 142 valence electrons. The topological polar surface area (TPSA) is 124 Å². The maximum atomic E-state index is 11.9. The molecule has 0 saturated carbocycles. The summed E-state index contributed by atoms with van der Waals surface area (Å²) in [6.07, 6.45) is 7.66. The lowest BCUT2D eigenvalue weighted by molar-refractivity contribution is -0.384. The molecule has 8 heteroatoms. The van der Waals surface area contributed by atoms with Crippen LogP contribution in [0.2, 0.25) is 0 Å². The molecule has 0 aliphatic carbocycles. The maximum absolute atomic E-state index is 11.9. The van der Waals surface area contributed by atoms with Gasteiger partial charge in [-0.25, -0.2) is 0 Å². The zero-order chi connectivity index (χ0) is 19.9. The molecular weight excluding hydrogens is 358 g/mol. The van der Waals surface area contributed by atoms with E-state index in [2.05, 4.69) is 15.3 Å². The second-order valence-corrected chi connectivity index (χ2v) is 6.25. The number of aromatic nitrogens is 2. The molecule has 1 aromatic carbocycles. The molecule has 0 aliphatic rings.